The quantitative estimate of drug-likeness (QED) is 0.654. The predicted molar refractivity (Wildman–Crippen MR) is 120 cm³/mol. The maximum absolute atomic E-state index is 12.1. The summed E-state index contributed by atoms with van der Waals surface area (Å²) in [7, 11) is 3.42. The number of fused-ring (bicyclic) bond motifs is 2. The van der Waals surface area contributed by atoms with Crippen molar-refractivity contribution < 1.29 is 19.4 Å². The first-order valence-electron chi connectivity index (χ1n) is 10.3. The zero-order chi connectivity index (χ0) is 23.2. The van der Waals surface area contributed by atoms with Gasteiger partial charge in [0.15, 0.2) is 0 Å². The van der Waals surface area contributed by atoms with Gasteiger partial charge in [-0.2, -0.15) is 0 Å². The SMILES string of the molecule is Cc1ccc2c(n1)Oc1nc(-c3ccc(C(=O)N(C)C)cc3)ccc1[C@@H]2C(C)(C)C(=O)O. The molecule has 1 aliphatic heterocycles. The van der Waals surface area contributed by atoms with Gasteiger partial charge in [-0.25, -0.2) is 9.97 Å². The van der Waals surface area contributed by atoms with Crippen LogP contribution in [0.5, 0.6) is 11.8 Å². The Labute approximate surface area is 186 Å². The molecular formula is C25H25N3O4. The zero-order valence-corrected chi connectivity index (χ0v) is 18.7. The molecule has 0 radical (unpaired) electrons. The summed E-state index contributed by atoms with van der Waals surface area (Å²) in [5.41, 5.74) is 3.19. The van der Waals surface area contributed by atoms with Crippen molar-refractivity contribution >= 4 is 11.9 Å². The van der Waals surface area contributed by atoms with Gasteiger partial charge in [-0.1, -0.05) is 24.3 Å². The van der Waals surface area contributed by atoms with Gasteiger partial charge in [0.05, 0.1) is 11.1 Å². The molecule has 0 fully saturated rings. The summed E-state index contributed by atoms with van der Waals surface area (Å²) in [5.74, 6) is -0.718. The number of carbonyl (C=O) groups is 2. The lowest BCUT2D eigenvalue weighted by Gasteiger charge is -2.35. The summed E-state index contributed by atoms with van der Waals surface area (Å²) >= 11 is 0. The van der Waals surface area contributed by atoms with Gasteiger partial charge in [0.2, 0.25) is 11.8 Å². The Morgan fingerprint density at radius 2 is 1.53 bits per heavy atom. The number of carboxylic acid groups (broad SMARTS) is 1. The maximum atomic E-state index is 12.1. The van der Waals surface area contributed by atoms with Crippen LogP contribution in [-0.2, 0) is 4.79 Å². The molecule has 32 heavy (non-hydrogen) atoms. The molecule has 0 saturated carbocycles. The van der Waals surface area contributed by atoms with Crippen molar-refractivity contribution in [3.63, 3.8) is 0 Å². The Hall–Kier alpha value is -3.74. The third kappa shape index (κ3) is 3.60. The molecule has 1 N–H and O–H groups in total. The van der Waals surface area contributed by atoms with Crippen LogP contribution in [0, 0.1) is 12.3 Å². The topological polar surface area (TPSA) is 92.6 Å². The highest BCUT2D eigenvalue weighted by Crippen LogP contribution is 2.51. The highest BCUT2D eigenvalue weighted by molar-refractivity contribution is 5.94. The van der Waals surface area contributed by atoms with Gasteiger partial charge < -0.3 is 14.7 Å². The van der Waals surface area contributed by atoms with Crippen molar-refractivity contribution in [3.8, 4) is 23.0 Å². The molecule has 4 rings (SSSR count). The van der Waals surface area contributed by atoms with E-state index in [0.29, 0.717) is 28.6 Å². The highest BCUT2D eigenvalue weighted by atomic mass is 16.5. The van der Waals surface area contributed by atoms with Crippen LogP contribution in [0.2, 0.25) is 0 Å². The second-order valence-electron chi connectivity index (χ2n) is 8.78. The Morgan fingerprint density at radius 3 is 2.12 bits per heavy atom. The lowest BCUT2D eigenvalue weighted by atomic mass is 9.71. The fourth-order valence-corrected chi connectivity index (χ4v) is 3.96. The number of rotatable bonds is 4. The average Bonchev–Trinajstić information content (AvgIpc) is 2.76. The van der Waals surface area contributed by atoms with Crippen LogP contribution in [0.3, 0.4) is 0 Å². The van der Waals surface area contributed by atoms with E-state index in [1.54, 1.807) is 40.1 Å². The van der Waals surface area contributed by atoms with Crippen LogP contribution in [0.25, 0.3) is 11.3 Å². The minimum absolute atomic E-state index is 0.0740. The fraction of sp³-hybridized carbons (Fsp3) is 0.280. The van der Waals surface area contributed by atoms with E-state index < -0.39 is 17.3 Å². The molecule has 0 aliphatic carbocycles. The van der Waals surface area contributed by atoms with Gasteiger partial charge in [0.1, 0.15) is 0 Å². The number of nitrogens with zero attached hydrogens (tertiary/aromatic N) is 3. The van der Waals surface area contributed by atoms with Crippen LogP contribution in [-0.4, -0.2) is 45.9 Å². The summed E-state index contributed by atoms with van der Waals surface area (Å²) < 4.78 is 6.04. The molecule has 1 aromatic carbocycles. The van der Waals surface area contributed by atoms with E-state index in [0.717, 1.165) is 16.8 Å². The Morgan fingerprint density at radius 1 is 0.938 bits per heavy atom. The molecule has 164 valence electrons. The molecule has 1 aliphatic rings. The molecule has 2 aromatic heterocycles. The zero-order valence-electron chi connectivity index (χ0n) is 18.7. The third-order valence-corrected chi connectivity index (χ3v) is 5.84. The molecule has 0 spiro atoms. The number of aryl methyl sites for hydroxylation is 1. The first kappa shape index (κ1) is 21.5. The first-order valence-corrected chi connectivity index (χ1v) is 10.3. The number of aliphatic carboxylic acids is 1. The summed E-state index contributed by atoms with van der Waals surface area (Å²) in [6.45, 7) is 5.26. The van der Waals surface area contributed by atoms with Gasteiger partial charge in [0.25, 0.3) is 5.91 Å². The van der Waals surface area contributed by atoms with Crippen LogP contribution in [0.1, 0.15) is 46.9 Å². The van der Waals surface area contributed by atoms with Crippen molar-refractivity contribution in [1.82, 2.24) is 14.9 Å². The molecule has 3 heterocycles. The van der Waals surface area contributed by atoms with Crippen molar-refractivity contribution in [2.24, 2.45) is 5.41 Å². The molecule has 0 bridgehead atoms. The monoisotopic (exact) mass is 431 g/mol. The minimum atomic E-state index is -1.10. The average molecular weight is 431 g/mol. The maximum Gasteiger partial charge on any atom is 0.310 e. The normalized spacial score (nSPS) is 14.7. The van der Waals surface area contributed by atoms with Gasteiger partial charge in [-0.15, -0.1) is 0 Å². The lowest BCUT2D eigenvalue weighted by molar-refractivity contribution is -0.147. The number of hydrogen-bond acceptors (Lipinski definition) is 5. The van der Waals surface area contributed by atoms with E-state index in [9.17, 15) is 14.7 Å². The summed E-state index contributed by atoms with van der Waals surface area (Å²) in [6.07, 6.45) is 0. The van der Waals surface area contributed by atoms with E-state index in [-0.39, 0.29) is 5.91 Å². The van der Waals surface area contributed by atoms with E-state index >= 15 is 0 Å². The van der Waals surface area contributed by atoms with Crippen LogP contribution in [0.15, 0.2) is 48.5 Å². The second kappa shape index (κ2) is 7.75. The van der Waals surface area contributed by atoms with E-state index in [4.69, 9.17) is 9.72 Å². The summed E-state index contributed by atoms with van der Waals surface area (Å²) in [5, 5.41) is 9.93. The van der Waals surface area contributed by atoms with Crippen LogP contribution in [0.4, 0.5) is 0 Å². The smallest absolute Gasteiger partial charge is 0.310 e. The minimum Gasteiger partial charge on any atom is -0.481 e. The number of pyridine rings is 2. The number of benzene rings is 1. The number of hydrogen-bond donors (Lipinski definition) is 1. The van der Waals surface area contributed by atoms with Crippen molar-refractivity contribution in [1.29, 1.82) is 0 Å². The van der Waals surface area contributed by atoms with Gasteiger partial charge >= 0.3 is 5.97 Å². The predicted octanol–water partition coefficient (Wildman–Crippen LogP) is 4.50. The number of aromatic nitrogens is 2. The Bertz CT molecular complexity index is 1220. The van der Waals surface area contributed by atoms with Gasteiger partial charge in [-0.3, -0.25) is 9.59 Å². The summed E-state index contributed by atoms with van der Waals surface area (Å²) in [6, 6.07) is 14.6. The lowest BCUT2D eigenvalue weighted by Crippen LogP contribution is -2.34. The third-order valence-electron chi connectivity index (χ3n) is 5.84. The molecule has 0 saturated heterocycles. The van der Waals surface area contributed by atoms with Gasteiger partial charge in [0, 0.05) is 48.0 Å². The molecular weight excluding hydrogens is 406 g/mol. The first-order chi connectivity index (χ1) is 15.1. The second-order valence-corrected chi connectivity index (χ2v) is 8.78. The Balaban J connectivity index is 1.79. The highest BCUT2D eigenvalue weighted by Gasteiger charge is 2.44. The fourth-order valence-electron chi connectivity index (χ4n) is 3.96. The van der Waals surface area contributed by atoms with Crippen LogP contribution >= 0.6 is 0 Å². The molecule has 1 atom stereocenters. The number of ether oxygens (including phenoxy) is 1. The van der Waals surface area contributed by atoms with Crippen molar-refractivity contribution in [2.75, 3.05) is 14.1 Å². The Kier molecular flexibility index (Phi) is 5.20. The standard InChI is InChI=1S/C25H25N3O4/c1-14-6-11-17-20(25(2,3)24(30)31)18-12-13-19(27-22(18)32-21(17)26-14)15-7-9-16(10-8-15)23(29)28(4)5/h6-13,20H,1-5H3,(H,30,31)/t20-/m1/s1. The molecule has 7 nitrogen and oxygen atoms in total. The van der Waals surface area contributed by atoms with E-state index in [1.807, 2.05) is 43.3 Å². The molecule has 3 aromatic rings. The number of carbonyl (C=O) groups excluding carboxylic acids is 1. The van der Waals surface area contributed by atoms with Gasteiger partial charge in [-0.05, 0) is 45.0 Å². The number of amides is 1. The largest absolute Gasteiger partial charge is 0.481 e. The van der Waals surface area contributed by atoms with E-state index in [2.05, 4.69) is 4.98 Å². The molecule has 0 unspecified atom stereocenters. The summed E-state index contributed by atoms with van der Waals surface area (Å²) in [4.78, 5) is 35.0. The molecule has 1 amide bonds. The molecule has 7 heteroatoms. The van der Waals surface area contributed by atoms with E-state index in [1.165, 1.54) is 4.90 Å². The number of carboxylic acids is 1. The van der Waals surface area contributed by atoms with Crippen molar-refractivity contribution in [3.05, 3.63) is 70.9 Å². The van der Waals surface area contributed by atoms with Crippen molar-refractivity contribution in [2.45, 2.75) is 26.7 Å². The van der Waals surface area contributed by atoms with Crippen LogP contribution < -0.4 is 4.74 Å².